The molecular weight excluding hydrogens is 403 g/mol. The lowest BCUT2D eigenvalue weighted by Crippen LogP contribution is -2.42. The highest BCUT2D eigenvalue weighted by atomic mass is 35.5. The van der Waals surface area contributed by atoms with Gasteiger partial charge in [-0.05, 0) is 30.5 Å². The van der Waals surface area contributed by atoms with Crippen molar-refractivity contribution in [2.75, 3.05) is 17.2 Å². The Kier molecular flexibility index (Phi) is 7.32. The fourth-order valence-corrected chi connectivity index (χ4v) is 3.10. The van der Waals surface area contributed by atoms with Crippen LogP contribution in [0.4, 0.5) is 11.5 Å². The molecule has 0 aliphatic rings. The van der Waals surface area contributed by atoms with E-state index in [9.17, 15) is 14.4 Å². The summed E-state index contributed by atoms with van der Waals surface area (Å²) in [6.07, 6.45) is 1.55. The van der Waals surface area contributed by atoms with Crippen molar-refractivity contribution in [2.45, 2.75) is 40.2 Å². The maximum atomic E-state index is 13.2. The number of amides is 1. The third kappa shape index (κ3) is 4.77. The van der Waals surface area contributed by atoms with E-state index in [1.54, 1.807) is 0 Å². The summed E-state index contributed by atoms with van der Waals surface area (Å²) < 4.78 is 1.29. The van der Waals surface area contributed by atoms with Gasteiger partial charge in [-0.25, -0.2) is 4.79 Å². The van der Waals surface area contributed by atoms with E-state index in [4.69, 9.17) is 28.9 Å². The molecule has 1 amide bonds. The first-order chi connectivity index (χ1) is 13.2. The largest absolute Gasteiger partial charge is 0.383 e. The lowest BCUT2D eigenvalue weighted by atomic mass is 10.1. The molecule has 0 aliphatic heterocycles. The molecule has 1 aromatic carbocycles. The van der Waals surface area contributed by atoms with Crippen molar-refractivity contribution in [1.82, 2.24) is 9.55 Å². The second kappa shape index (κ2) is 9.30. The highest BCUT2D eigenvalue weighted by Crippen LogP contribution is 2.26. The monoisotopic (exact) mass is 426 g/mol. The molecule has 0 bridgehead atoms. The van der Waals surface area contributed by atoms with Gasteiger partial charge in [0.05, 0.1) is 10.0 Å². The van der Waals surface area contributed by atoms with Crippen molar-refractivity contribution < 1.29 is 4.79 Å². The van der Waals surface area contributed by atoms with Gasteiger partial charge in [0, 0.05) is 18.7 Å². The van der Waals surface area contributed by atoms with Crippen molar-refractivity contribution in [3.63, 3.8) is 0 Å². The Hall–Kier alpha value is -2.25. The molecule has 2 aromatic rings. The third-order valence-corrected chi connectivity index (χ3v) is 4.92. The van der Waals surface area contributed by atoms with Crippen LogP contribution < -0.4 is 21.9 Å². The highest BCUT2D eigenvalue weighted by Gasteiger charge is 2.26. The van der Waals surface area contributed by atoms with E-state index in [1.807, 2.05) is 20.8 Å². The van der Waals surface area contributed by atoms with Gasteiger partial charge in [-0.2, -0.15) is 0 Å². The Morgan fingerprint density at radius 1 is 1.25 bits per heavy atom. The molecule has 9 heteroatoms. The molecule has 0 saturated carbocycles. The lowest BCUT2D eigenvalue weighted by molar-refractivity contribution is 0.0983. The molecular formula is C19H24Cl2N4O3. The molecule has 0 spiro atoms. The van der Waals surface area contributed by atoms with E-state index in [0.29, 0.717) is 18.0 Å². The molecule has 0 fully saturated rings. The van der Waals surface area contributed by atoms with Gasteiger partial charge in [0.2, 0.25) is 0 Å². The summed E-state index contributed by atoms with van der Waals surface area (Å²) in [5, 5.41) is 0.547. The van der Waals surface area contributed by atoms with E-state index in [0.717, 1.165) is 6.42 Å². The number of nitrogens with one attached hydrogen (secondary N) is 1. The Morgan fingerprint density at radius 3 is 2.50 bits per heavy atom. The van der Waals surface area contributed by atoms with Gasteiger partial charge in [-0.3, -0.25) is 19.1 Å². The molecule has 7 nitrogen and oxygen atoms in total. The molecule has 0 saturated heterocycles. The Labute approximate surface area is 173 Å². The van der Waals surface area contributed by atoms with Crippen LogP contribution in [-0.2, 0) is 6.54 Å². The van der Waals surface area contributed by atoms with Gasteiger partial charge in [0.25, 0.3) is 11.5 Å². The molecule has 0 aliphatic carbocycles. The number of nitrogen functional groups attached to an aromatic ring is 1. The average molecular weight is 427 g/mol. The number of aromatic amines is 1. The molecule has 3 N–H and O–H groups in total. The number of nitrogens with zero attached hydrogens (tertiary/aromatic N) is 2. The summed E-state index contributed by atoms with van der Waals surface area (Å²) in [5.41, 5.74) is 5.10. The summed E-state index contributed by atoms with van der Waals surface area (Å²) in [7, 11) is 0. The Morgan fingerprint density at radius 2 is 1.93 bits per heavy atom. The number of carbonyl (C=O) groups is 1. The maximum Gasteiger partial charge on any atom is 0.330 e. The van der Waals surface area contributed by atoms with Crippen LogP contribution >= 0.6 is 23.2 Å². The molecule has 28 heavy (non-hydrogen) atoms. The minimum Gasteiger partial charge on any atom is -0.383 e. The summed E-state index contributed by atoms with van der Waals surface area (Å²) in [5.74, 6) is -0.442. The number of unbranched alkanes of at least 4 members (excludes halogenated alkanes) is 1. The number of carbonyl (C=O) groups excluding carboxylic acids is 1. The normalized spacial score (nSPS) is 11.1. The molecule has 0 unspecified atom stereocenters. The van der Waals surface area contributed by atoms with E-state index >= 15 is 0 Å². The fourth-order valence-electron chi connectivity index (χ4n) is 2.80. The predicted molar refractivity (Wildman–Crippen MR) is 114 cm³/mol. The van der Waals surface area contributed by atoms with Gasteiger partial charge >= 0.3 is 5.69 Å². The summed E-state index contributed by atoms with van der Waals surface area (Å²) in [6.45, 7) is 6.38. The Bertz CT molecular complexity index is 982. The second-order valence-electron chi connectivity index (χ2n) is 6.94. The number of rotatable bonds is 7. The highest BCUT2D eigenvalue weighted by molar-refractivity contribution is 6.42. The minimum atomic E-state index is -0.704. The average Bonchev–Trinajstić information content (AvgIpc) is 2.62. The van der Waals surface area contributed by atoms with Crippen molar-refractivity contribution in [1.29, 1.82) is 0 Å². The van der Waals surface area contributed by atoms with Crippen molar-refractivity contribution >= 4 is 40.6 Å². The van der Waals surface area contributed by atoms with Gasteiger partial charge < -0.3 is 10.6 Å². The number of hydrogen-bond donors (Lipinski definition) is 2. The molecule has 152 valence electrons. The topological polar surface area (TPSA) is 101 Å². The number of benzene rings is 1. The zero-order chi connectivity index (χ0) is 21.0. The number of aromatic nitrogens is 2. The molecule has 0 atom stereocenters. The number of anilines is 2. The van der Waals surface area contributed by atoms with Gasteiger partial charge in [-0.1, -0.05) is 50.4 Å². The number of hydrogen-bond acceptors (Lipinski definition) is 4. The van der Waals surface area contributed by atoms with Gasteiger partial charge in [0.15, 0.2) is 5.69 Å². The van der Waals surface area contributed by atoms with Crippen LogP contribution in [0.15, 0.2) is 27.8 Å². The second-order valence-corrected chi connectivity index (χ2v) is 7.75. The zero-order valence-electron chi connectivity index (χ0n) is 16.1. The number of H-pyrrole nitrogens is 1. The molecule has 1 aromatic heterocycles. The van der Waals surface area contributed by atoms with E-state index in [2.05, 4.69) is 4.98 Å². The summed E-state index contributed by atoms with van der Waals surface area (Å²) in [4.78, 5) is 41.5. The number of nitrogens with two attached hydrogens (primary N) is 1. The third-order valence-electron chi connectivity index (χ3n) is 4.18. The molecule has 2 rings (SSSR count). The van der Waals surface area contributed by atoms with Crippen LogP contribution in [0.25, 0.3) is 0 Å². The first kappa shape index (κ1) is 22.0. The SMILES string of the molecule is CCCCn1c(N)c(N(CC(C)C)C(=O)c2ccc(Cl)c(Cl)c2)c(=O)[nH]c1=O. The standard InChI is InChI=1S/C19H24Cl2N4O3/c1-4-5-8-24-16(22)15(17(26)23-19(24)28)25(10-11(2)3)18(27)12-6-7-13(20)14(21)9-12/h6-7,9,11H,4-5,8,10,22H2,1-3H3,(H,23,26,28). The summed E-state index contributed by atoms with van der Waals surface area (Å²) >= 11 is 12.0. The van der Waals surface area contributed by atoms with Gasteiger partial charge in [0.1, 0.15) is 5.82 Å². The van der Waals surface area contributed by atoms with Crippen LogP contribution in [0.2, 0.25) is 10.0 Å². The predicted octanol–water partition coefficient (Wildman–Crippen LogP) is 3.53. The van der Waals surface area contributed by atoms with Crippen LogP contribution in [0.5, 0.6) is 0 Å². The van der Waals surface area contributed by atoms with Crippen LogP contribution in [0.3, 0.4) is 0 Å². The van der Waals surface area contributed by atoms with E-state index in [-0.39, 0.29) is 34.6 Å². The van der Waals surface area contributed by atoms with Crippen LogP contribution in [0, 0.1) is 5.92 Å². The molecule has 1 heterocycles. The van der Waals surface area contributed by atoms with E-state index < -0.39 is 17.2 Å². The van der Waals surface area contributed by atoms with Gasteiger partial charge in [-0.15, -0.1) is 0 Å². The smallest absolute Gasteiger partial charge is 0.330 e. The van der Waals surface area contributed by atoms with Crippen molar-refractivity contribution in [3.05, 3.63) is 54.6 Å². The first-order valence-corrected chi connectivity index (χ1v) is 9.82. The zero-order valence-corrected chi connectivity index (χ0v) is 17.6. The van der Waals surface area contributed by atoms with E-state index in [1.165, 1.54) is 27.7 Å². The maximum absolute atomic E-state index is 13.2. The molecule has 0 radical (unpaired) electrons. The van der Waals surface area contributed by atoms with Crippen molar-refractivity contribution in [3.8, 4) is 0 Å². The quantitative estimate of drug-likeness (QED) is 0.706. The number of halogens is 2. The summed E-state index contributed by atoms with van der Waals surface area (Å²) in [6, 6.07) is 4.48. The Balaban J connectivity index is 2.62. The minimum absolute atomic E-state index is 0.0312. The lowest BCUT2D eigenvalue weighted by Gasteiger charge is -2.26. The van der Waals surface area contributed by atoms with Crippen LogP contribution in [-0.4, -0.2) is 22.0 Å². The first-order valence-electron chi connectivity index (χ1n) is 9.06. The fraction of sp³-hybridized carbons (Fsp3) is 0.421. The van der Waals surface area contributed by atoms with Crippen LogP contribution in [0.1, 0.15) is 44.0 Å². The van der Waals surface area contributed by atoms with Crippen molar-refractivity contribution in [2.24, 2.45) is 5.92 Å².